The fourth-order valence-electron chi connectivity index (χ4n) is 1.88. The molecule has 5 nitrogen and oxygen atoms in total. The van der Waals surface area contributed by atoms with Crippen LogP contribution in [0.3, 0.4) is 0 Å². The second-order valence-corrected chi connectivity index (χ2v) is 5.60. The van der Waals surface area contributed by atoms with Crippen molar-refractivity contribution in [3.05, 3.63) is 63.7 Å². The molecule has 2 rings (SSSR count). The van der Waals surface area contributed by atoms with Gasteiger partial charge in [0.15, 0.2) is 0 Å². The fraction of sp³-hybridized carbons (Fsp3) is 0.0667. The van der Waals surface area contributed by atoms with Crippen LogP contribution >= 0.6 is 22.6 Å². The molecule has 0 fully saturated rings. The molecule has 2 aromatic rings. The molecule has 6 heteroatoms. The Morgan fingerprint density at radius 1 is 1.05 bits per heavy atom. The highest BCUT2D eigenvalue weighted by atomic mass is 127. The number of hydrogen-bond acceptors (Lipinski definition) is 3. The second-order valence-electron chi connectivity index (χ2n) is 4.35. The summed E-state index contributed by atoms with van der Waals surface area (Å²) >= 11 is 2.19. The van der Waals surface area contributed by atoms with Crippen LogP contribution in [0.4, 0.5) is 10.5 Å². The highest BCUT2D eigenvalue weighted by Gasteiger charge is 2.21. The van der Waals surface area contributed by atoms with Crippen molar-refractivity contribution in [3.63, 3.8) is 0 Å². The van der Waals surface area contributed by atoms with Crippen molar-refractivity contribution < 1.29 is 9.59 Å². The van der Waals surface area contributed by atoms with Crippen molar-refractivity contribution in [1.82, 2.24) is 5.32 Å². The van der Waals surface area contributed by atoms with E-state index in [2.05, 4.69) is 33.2 Å². The van der Waals surface area contributed by atoms with E-state index >= 15 is 0 Å². The van der Waals surface area contributed by atoms with Gasteiger partial charge in [-0.05, 0) is 46.4 Å². The summed E-state index contributed by atoms with van der Waals surface area (Å²) < 4.78 is 1.04. The van der Waals surface area contributed by atoms with Gasteiger partial charge < -0.3 is 11.1 Å². The number of imide groups is 1. The van der Waals surface area contributed by atoms with E-state index in [1.54, 1.807) is 0 Å². The van der Waals surface area contributed by atoms with Gasteiger partial charge in [0.05, 0.1) is 0 Å². The molecule has 0 aromatic heterocycles. The molecule has 0 saturated heterocycles. The van der Waals surface area contributed by atoms with Crippen molar-refractivity contribution in [2.45, 2.75) is 6.04 Å². The number of carbonyl (C=O) groups is 2. The number of nitrogens with two attached hydrogens (primary N) is 1. The lowest BCUT2D eigenvalue weighted by molar-refractivity contribution is -0.120. The van der Waals surface area contributed by atoms with Crippen molar-refractivity contribution >= 4 is 40.2 Å². The van der Waals surface area contributed by atoms with Crippen LogP contribution in [0.2, 0.25) is 0 Å². The molecule has 0 spiro atoms. The summed E-state index contributed by atoms with van der Waals surface area (Å²) in [5, 5.41) is 5.23. The van der Waals surface area contributed by atoms with Crippen LogP contribution in [-0.4, -0.2) is 11.9 Å². The van der Waals surface area contributed by atoms with E-state index < -0.39 is 18.0 Å². The Balaban J connectivity index is 2.28. The molecule has 0 aliphatic carbocycles. The summed E-state index contributed by atoms with van der Waals surface area (Å²) in [6, 6.07) is 15.2. The van der Waals surface area contributed by atoms with Crippen LogP contribution in [0.5, 0.6) is 0 Å². The maximum atomic E-state index is 12.2. The van der Waals surface area contributed by atoms with Gasteiger partial charge in [0, 0.05) is 9.26 Å². The first kappa shape index (κ1) is 15.3. The van der Waals surface area contributed by atoms with Gasteiger partial charge >= 0.3 is 6.03 Å². The number of amides is 3. The smallest absolute Gasteiger partial charge is 0.318 e. The molecule has 1 atom stereocenters. The first-order valence-corrected chi connectivity index (χ1v) is 7.31. The van der Waals surface area contributed by atoms with Crippen molar-refractivity contribution in [1.29, 1.82) is 0 Å². The second kappa shape index (κ2) is 7.07. The Kier molecular flexibility index (Phi) is 5.15. The number of primary amides is 1. The summed E-state index contributed by atoms with van der Waals surface area (Å²) in [6.45, 7) is 0. The number of benzene rings is 2. The van der Waals surface area contributed by atoms with E-state index in [0.29, 0.717) is 0 Å². The van der Waals surface area contributed by atoms with E-state index in [-0.39, 0.29) is 0 Å². The molecule has 4 N–H and O–H groups in total. The molecule has 3 amide bonds. The highest BCUT2D eigenvalue weighted by Crippen LogP contribution is 2.21. The number of hydrogen-bond donors (Lipinski definition) is 3. The Morgan fingerprint density at radius 3 is 2.38 bits per heavy atom. The predicted octanol–water partition coefficient (Wildman–Crippen LogP) is 2.64. The van der Waals surface area contributed by atoms with Crippen LogP contribution in [0.1, 0.15) is 11.6 Å². The largest absolute Gasteiger partial charge is 0.370 e. The molecule has 21 heavy (non-hydrogen) atoms. The summed E-state index contributed by atoms with van der Waals surface area (Å²) in [4.78, 5) is 23.1. The lowest BCUT2D eigenvalue weighted by Crippen LogP contribution is -2.40. The maximum absolute atomic E-state index is 12.2. The molecule has 0 aliphatic heterocycles. The Morgan fingerprint density at radius 2 is 1.76 bits per heavy atom. The number of carbonyl (C=O) groups excluding carboxylic acids is 2. The fourth-order valence-corrected chi connectivity index (χ4v) is 2.43. The molecule has 0 unspecified atom stereocenters. The first-order valence-electron chi connectivity index (χ1n) is 6.23. The minimum absolute atomic E-state index is 0.493. The van der Waals surface area contributed by atoms with Gasteiger partial charge in [-0.15, -0.1) is 0 Å². The van der Waals surface area contributed by atoms with Crippen LogP contribution in [-0.2, 0) is 4.79 Å². The monoisotopic (exact) mass is 395 g/mol. The van der Waals surface area contributed by atoms with Gasteiger partial charge in [-0.3, -0.25) is 10.1 Å². The van der Waals surface area contributed by atoms with Gasteiger partial charge in [0.2, 0.25) is 0 Å². The van der Waals surface area contributed by atoms with Crippen molar-refractivity contribution in [2.75, 3.05) is 5.32 Å². The third-order valence-electron chi connectivity index (χ3n) is 2.78. The summed E-state index contributed by atoms with van der Waals surface area (Å²) in [5.74, 6) is -0.493. The van der Waals surface area contributed by atoms with Gasteiger partial charge in [-0.1, -0.05) is 36.4 Å². The van der Waals surface area contributed by atoms with E-state index in [0.717, 1.165) is 14.8 Å². The molecule has 0 saturated carbocycles. The Hall–Kier alpha value is -2.09. The zero-order valence-electron chi connectivity index (χ0n) is 11.0. The minimum atomic E-state index is -0.870. The van der Waals surface area contributed by atoms with Gasteiger partial charge in [-0.25, -0.2) is 4.79 Å². The summed E-state index contributed by atoms with van der Waals surface area (Å²) in [5.41, 5.74) is 6.56. The summed E-state index contributed by atoms with van der Waals surface area (Å²) in [6.07, 6.45) is 0. The summed E-state index contributed by atoms with van der Waals surface area (Å²) in [7, 11) is 0. The number of anilines is 1. The van der Waals surface area contributed by atoms with E-state index in [1.807, 2.05) is 54.6 Å². The molecule has 108 valence electrons. The minimum Gasteiger partial charge on any atom is -0.370 e. The number of nitrogens with one attached hydrogen (secondary N) is 2. The molecule has 2 aromatic carbocycles. The van der Waals surface area contributed by atoms with Crippen LogP contribution in [0, 0.1) is 3.57 Å². The third kappa shape index (κ3) is 4.45. The number of rotatable bonds is 4. The number of halogens is 1. The normalized spacial score (nSPS) is 11.5. The zero-order chi connectivity index (χ0) is 15.2. The average molecular weight is 395 g/mol. The van der Waals surface area contributed by atoms with E-state index in [4.69, 9.17) is 5.73 Å². The van der Waals surface area contributed by atoms with Crippen LogP contribution in [0.25, 0.3) is 0 Å². The zero-order valence-corrected chi connectivity index (χ0v) is 13.2. The van der Waals surface area contributed by atoms with Gasteiger partial charge in [-0.2, -0.15) is 0 Å². The number of urea groups is 1. The maximum Gasteiger partial charge on any atom is 0.318 e. The third-order valence-corrected chi connectivity index (χ3v) is 3.45. The standard InChI is InChI=1S/C15H14IN3O2/c16-11-7-4-8-12(9-11)18-13(14(20)19-15(17)21)10-5-2-1-3-6-10/h1-9,13,18H,(H3,17,19,20,21)/t13-/m0/s1. The molecular formula is C15H14IN3O2. The first-order chi connectivity index (χ1) is 10.1. The van der Waals surface area contributed by atoms with Gasteiger partial charge in [0.25, 0.3) is 5.91 Å². The molecular weight excluding hydrogens is 381 g/mol. The SMILES string of the molecule is NC(=O)NC(=O)[C@@H](Nc1cccc(I)c1)c1ccccc1. The Labute approximate surface area is 136 Å². The lowest BCUT2D eigenvalue weighted by Gasteiger charge is -2.19. The lowest BCUT2D eigenvalue weighted by atomic mass is 10.1. The Bertz CT molecular complexity index is 646. The molecule has 0 radical (unpaired) electrons. The van der Waals surface area contributed by atoms with Crippen molar-refractivity contribution in [2.24, 2.45) is 5.73 Å². The van der Waals surface area contributed by atoms with E-state index in [9.17, 15) is 9.59 Å². The average Bonchev–Trinajstić information content (AvgIpc) is 2.45. The predicted molar refractivity (Wildman–Crippen MR) is 89.7 cm³/mol. The molecule has 0 heterocycles. The van der Waals surface area contributed by atoms with E-state index in [1.165, 1.54) is 0 Å². The highest BCUT2D eigenvalue weighted by molar-refractivity contribution is 14.1. The quantitative estimate of drug-likeness (QED) is 0.696. The molecule has 0 bridgehead atoms. The van der Waals surface area contributed by atoms with Crippen LogP contribution < -0.4 is 16.4 Å². The topological polar surface area (TPSA) is 84.2 Å². The van der Waals surface area contributed by atoms with Crippen LogP contribution in [0.15, 0.2) is 54.6 Å². The molecule has 0 aliphatic rings. The van der Waals surface area contributed by atoms with Crippen molar-refractivity contribution in [3.8, 4) is 0 Å². The van der Waals surface area contributed by atoms with Gasteiger partial charge in [0.1, 0.15) is 6.04 Å².